The van der Waals surface area contributed by atoms with Gasteiger partial charge >= 0.3 is 5.97 Å². The van der Waals surface area contributed by atoms with Gasteiger partial charge < -0.3 is 19.5 Å². The van der Waals surface area contributed by atoms with Gasteiger partial charge in [-0.05, 0) is 50.2 Å². The summed E-state index contributed by atoms with van der Waals surface area (Å²) in [6, 6.07) is 9.17. The highest BCUT2D eigenvalue weighted by Gasteiger charge is 2.26. The highest BCUT2D eigenvalue weighted by atomic mass is 16.6. The highest BCUT2D eigenvalue weighted by Crippen LogP contribution is 2.33. The molecule has 2 aromatic rings. The lowest BCUT2D eigenvalue weighted by Crippen LogP contribution is -2.30. The quantitative estimate of drug-likeness (QED) is 0.413. The first-order valence-corrected chi connectivity index (χ1v) is 8.65. The van der Waals surface area contributed by atoms with E-state index in [9.17, 15) is 19.2 Å². The average molecular weight is 399 g/mol. The number of hydrogen-bond acceptors (Lipinski definition) is 7. The maximum absolute atomic E-state index is 12.6. The van der Waals surface area contributed by atoms with Crippen molar-refractivity contribution in [2.75, 3.05) is 19.5 Å². The Morgan fingerprint density at radius 3 is 2.17 bits per heavy atom. The van der Waals surface area contributed by atoms with Gasteiger partial charge in [0, 0.05) is 16.8 Å². The molecule has 0 fully saturated rings. The van der Waals surface area contributed by atoms with Gasteiger partial charge in [-0.25, -0.2) is 4.79 Å². The second kappa shape index (κ2) is 9.50. The molecule has 0 saturated carbocycles. The summed E-state index contributed by atoms with van der Waals surface area (Å²) >= 11 is 0. The van der Waals surface area contributed by atoms with Crippen molar-refractivity contribution in [2.45, 2.75) is 20.0 Å². The van der Waals surface area contributed by atoms with E-state index in [2.05, 4.69) is 5.32 Å². The van der Waals surface area contributed by atoms with Gasteiger partial charge in [-0.1, -0.05) is 0 Å². The third-order valence-electron chi connectivity index (χ3n) is 4.12. The lowest BCUT2D eigenvalue weighted by atomic mass is 10.1. The van der Waals surface area contributed by atoms with Gasteiger partial charge in [-0.15, -0.1) is 0 Å². The molecule has 0 bridgehead atoms. The number of Topliss-reactive ketones (excluding diaryl/α,β-unsaturated/α-hetero) is 1. The zero-order chi connectivity index (χ0) is 21.6. The molecule has 0 saturated heterocycles. The number of carbonyl (C=O) groups is 4. The largest absolute Gasteiger partial charge is 0.493 e. The number of methoxy groups -OCH3 is 2. The van der Waals surface area contributed by atoms with Crippen LogP contribution in [0.1, 0.15) is 44.9 Å². The van der Waals surface area contributed by atoms with Crippen molar-refractivity contribution in [2.24, 2.45) is 0 Å². The first-order chi connectivity index (χ1) is 13.8. The summed E-state index contributed by atoms with van der Waals surface area (Å²) in [7, 11) is 2.71. The summed E-state index contributed by atoms with van der Waals surface area (Å²) in [5.74, 6) is -1.30. The van der Waals surface area contributed by atoms with Crippen molar-refractivity contribution in [1.82, 2.24) is 0 Å². The number of hydrogen-bond donors (Lipinski definition) is 1. The zero-order valence-corrected chi connectivity index (χ0v) is 16.5. The van der Waals surface area contributed by atoms with Crippen LogP contribution in [0.3, 0.4) is 0 Å². The summed E-state index contributed by atoms with van der Waals surface area (Å²) in [4.78, 5) is 47.6. The number of rotatable bonds is 8. The van der Waals surface area contributed by atoms with Crippen LogP contribution < -0.4 is 14.8 Å². The molecule has 2 aromatic carbocycles. The van der Waals surface area contributed by atoms with E-state index < -0.39 is 18.0 Å². The predicted octanol–water partition coefficient (Wildman–Crippen LogP) is 2.90. The highest BCUT2D eigenvalue weighted by molar-refractivity contribution is 6.03. The van der Waals surface area contributed by atoms with Crippen LogP contribution in [0.2, 0.25) is 0 Å². The van der Waals surface area contributed by atoms with E-state index in [1.54, 1.807) is 24.3 Å². The number of amides is 1. The Balaban J connectivity index is 2.16. The minimum Gasteiger partial charge on any atom is -0.493 e. The number of ketones is 1. The van der Waals surface area contributed by atoms with Crippen molar-refractivity contribution in [3.63, 3.8) is 0 Å². The lowest BCUT2D eigenvalue weighted by molar-refractivity contribution is -0.123. The molecule has 0 spiro atoms. The number of carbonyl (C=O) groups excluding carboxylic acids is 4. The Bertz CT molecular complexity index is 935. The molecule has 0 heterocycles. The minimum atomic E-state index is -1.16. The van der Waals surface area contributed by atoms with Gasteiger partial charge in [0.1, 0.15) is 5.56 Å². The van der Waals surface area contributed by atoms with Crippen LogP contribution in [0.5, 0.6) is 11.5 Å². The van der Waals surface area contributed by atoms with E-state index in [0.717, 1.165) is 0 Å². The lowest BCUT2D eigenvalue weighted by Gasteiger charge is -2.17. The summed E-state index contributed by atoms with van der Waals surface area (Å²) < 4.78 is 15.5. The fourth-order valence-corrected chi connectivity index (χ4v) is 2.56. The smallest absolute Gasteiger partial charge is 0.343 e. The normalized spacial score (nSPS) is 11.2. The van der Waals surface area contributed by atoms with Gasteiger partial charge in [-0.3, -0.25) is 14.4 Å². The van der Waals surface area contributed by atoms with E-state index in [-0.39, 0.29) is 28.4 Å². The SMILES string of the molecule is COc1ccc(C=O)c(C(=O)O[C@H](C)C(=O)Nc2ccc(C(C)=O)cc2)c1OC. The fourth-order valence-electron chi connectivity index (χ4n) is 2.56. The standard InChI is InChI=1S/C21H21NO7/c1-12(24)14-5-8-16(9-6-14)22-20(25)13(2)29-21(26)18-15(11-23)7-10-17(27-3)19(18)28-4/h5-11,13H,1-4H3,(H,22,25)/t13-/m1/s1. The van der Waals surface area contributed by atoms with Crippen LogP contribution in [0.25, 0.3) is 0 Å². The van der Waals surface area contributed by atoms with Gasteiger partial charge in [-0.2, -0.15) is 0 Å². The summed E-state index contributed by atoms with van der Waals surface area (Å²) in [6.07, 6.45) is -0.676. The summed E-state index contributed by atoms with van der Waals surface area (Å²) in [5.41, 5.74) is 0.858. The first-order valence-electron chi connectivity index (χ1n) is 8.65. The number of benzene rings is 2. The van der Waals surface area contributed by atoms with Crippen molar-refractivity contribution >= 4 is 29.6 Å². The molecule has 1 atom stereocenters. The van der Waals surface area contributed by atoms with E-state index in [1.165, 1.54) is 40.2 Å². The maximum atomic E-state index is 12.6. The molecule has 8 heteroatoms. The molecule has 29 heavy (non-hydrogen) atoms. The summed E-state index contributed by atoms with van der Waals surface area (Å²) in [6.45, 7) is 2.83. The predicted molar refractivity (Wildman–Crippen MR) is 105 cm³/mol. The first kappa shape index (κ1) is 21.6. The van der Waals surface area contributed by atoms with Crippen LogP contribution >= 0.6 is 0 Å². The molecule has 2 rings (SSSR count). The van der Waals surface area contributed by atoms with Crippen molar-refractivity contribution in [1.29, 1.82) is 0 Å². The molecule has 1 N–H and O–H groups in total. The Kier molecular flexibility index (Phi) is 7.08. The van der Waals surface area contributed by atoms with Crippen LogP contribution in [0, 0.1) is 0 Å². The maximum Gasteiger partial charge on any atom is 0.343 e. The molecular formula is C21H21NO7. The molecular weight excluding hydrogens is 378 g/mol. The molecule has 152 valence electrons. The second-order valence-electron chi connectivity index (χ2n) is 6.05. The Labute approximate surface area is 167 Å². The van der Waals surface area contributed by atoms with Crippen LogP contribution in [0.15, 0.2) is 36.4 Å². The van der Waals surface area contributed by atoms with Crippen molar-refractivity contribution in [3.8, 4) is 11.5 Å². The number of anilines is 1. The minimum absolute atomic E-state index is 0.0366. The molecule has 0 aliphatic rings. The van der Waals surface area contributed by atoms with Gasteiger partial charge in [0.05, 0.1) is 14.2 Å². The second-order valence-corrected chi connectivity index (χ2v) is 6.05. The molecule has 8 nitrogen and oxygen atoms in total. The van der Waals surface area contributed by atoms with Crippen LogP contribution in [-0.4, -0.2) is 44.3 Å². The number of nitrogens with one attached hydrogen (secondary N) is 1. The summed E-state index contributed by atoms with van der Waals surface area (Å²) in [5, 5.41) is 2.59. The monoisotopic (exact) mass is 399 g/mol. The Morgan fingerprint density at radius 2 is 1.66 bits per heavy atom. The van der Waals surface area contributed by atoms with Crippen molar-refractivity contribution < 1.29 is 33.4 Å². The molecule has 0 aromatic heterocycles. The Hall–Kier alpha value is -3.68. The van der Waals surface area contributed by atoms with Crippen molar-refractivity contribution in [3.05, 3.63) is 53.1 Å². The number of ether oxygens (including phenoxy) is 3. The van der Waals surface area contributed by atoms with Gasteiger partial charge in [0.25, 0.3) is 5.91 Å². The fraction of sp³-hybridized carbons (Fsp3) is 0.238. The van der Waals surface area contributed by atoms with E-state index in [1.807, 2.05) is 0 Å². The van der Waals surface area contributed by atoms with Gasteiger partial charge in [0.15, 0.2) is 29.7 Å². The third-order valence-corrected chi connectivity index (χ3v) is 4.12. The topological polar surface area (TPSA) is 108 Å². The van der Waals surface area contributed by atoms with E-state index in [4.69, 9.17) is 14.2 Å². The molecule has 0 unspecified atom stereocenters. The third kappa shape index (κ3) is 4.98. The number of esters is 1. The van der Waals surface area contributed by atoms with Crippen LogP contribution in [-0.2, 0) is 9.53 Å². The van der Waals surface area contributed by atoms with Crippen LogP contribution in [0.4, 0.5) is 5.69 Å². The molecule has 1 amide bonds. The number of aldehydes is 1. The van der Waals surface area contributed by atoms with E-state index in [0.29, 0.717) is 17.5 Å². The Morgan fingerprint density at radius 1 is 1.00 bits per heavy atom. The molecule has 0 aliphatic heterocycles. The molecule has 0 radical (unpaired) electrons. The van der Waals surface area contributed by atoms with Gasteiger partial charge in [0.2, 0.25) is 0 Å². The van der Waals surface area contributed by atoms with E-state index >= 15 is 0 Å². The molecule has 0 aliphatic carbocycles. The zero-order valence-electron chi connectivity index (χ0n) is 16.5. The average Bonchev–Trinajstić information content (AvgIpc) is 2.72.